The van der Waals surface area contributed by atoms with Gasteiger partial charge < -0.3 is 15.1 Å². The van der Waals surface area contributed by atoms with E-state index in [1.165, 1.54) is 18.2 Å². The molecule has 0 radical (unpaired) electrons. The molecule has 9 nitrogen and oxygen atoms in total. The van der Waals surface area contributed by atoms with Gasteiger partial charge in [-0.1, -0.05) is 13.8 Å². The van der Waals surface area contributed by atoms with Crippen molar-refractivity contribution in [2.75, 3.05) is 17.2 Å². The minimum atomic E-state index is -4.17. The zero-order chi connectivity index (χ0) is 21.7. The van der Waals surface area contributed by atoms with Crippen molar-refractivity contribution in [2.45, 2.75) is 25.7 Å². The Kier molecular flexibility index (Phi) is 4.88. The summed E-state index contributed by atoms with van der Waals surface area (Å²) in [6.07, 6.45) is 1.43. The lowest BCUT2D eigenvalue weighted by molar-refractivity contribution is 0.0696. The second-order valence-corrected chi connectivity index (χ2v) is 8.98. The molecule has 0 aliphatic carbocycles. The summed E-state index contributed by atoms with van der Waals surface area (Å²) >= 11 is 0. The van der Waals surface area contributed by atoms with E-state index < -0.39 is 43.9 Å². The van der Waals surface area contributed by atoms with Gasteiger partial charge >= 0.3 is 5.97 Å². The van der Waals surface area contributed by atoms with Crippen molar-refractivity contribution in [1.82, 2.24) is 0 Å². The van der Waals surface area contributed by atoms with Gasteiger partial charge in [0.15, 0.2) is 5.75 Å². The predicted octanol–water partition coefficient (Wildman–Crippen LogP) is 1.10. The van der Waals surface area contributed by atoms with E-state index in [0.717, 1.165) is 0 Å². The molecule has 154 valence electrons. The van der Waals surface area contributed by atoms with Gasteiger partial charge in [0.05, 0.1) is 16.9 Å². The normalized spacial score (nSPS) is 17.1. The lowest BCUT2D eigenvalue weighted by Gasteiger charge is -2.27. The quantitative estimate of drug-likeness (QED) is 0.460. The number of hydrogen-bond acceptors (Lipinski definition) is 7. The van der Waals surface area contributed by atoms with E-state index in [4.69, 9.17) is 4.55 Å². The van der Waals surface area contributed by atoms with Gasteiger partial charge in [0, 0.05) is 23.3 Å². The Morgan fingerprint density at radius 2 is 1.86 bits per heavy atom. The minimum Gasteiger partial charge on any atom is -0.504 e. The number of benzene rings is 1. The van der Waals surface area contributed by atoms with Crippen LogP contribution < -0.4 is 15.8 Å². The van der Waals surface area contributed by atoms with Crippen LogP contribution in [-0.2, 0) is 15.5 Å². The number of hydrogen-bond donors (Lipinski definition) is 3. The van der Waals surface area contributed by atoms with Gasteiger partial charge in [0.2, 0.25) is 5.43 Å². The highest BCUT2D eigenvalue weighted by Gasteiger charge is 2.41. The zero-order valence-corrected chi connectivity index (χ0v) is 16.5. The lowest BCUT2D eigenvalue weighted by Crippen LogP contribution is -2.34. The molecule has 0 aromatic heterocycles. The van der Waals surface area contributed by atoms with E-state index in [0.29, 0.717) is 16.9 Å². The van der Waals surface area contributed by atoms with E-state index in [1.54, 1.807) is 24.8 Å². The zero-order valence-electron chi connectivity index (χ0n) is 15.7. The van der Waals surface area contributed by atoms with Gasteiger partial charge in [-0.2, -0.15) is 8.42 Å². The Balaban J connectivity index is 2.12. The Morgan fingerprint density at radius 3 is 2.41 bits per heavy atom. The number of aromatic carboxylic acids is 1. The van der Waals surface area contributed by atoms with E-state index in [9.17, 15) is 33.0 Å². The third-order valence-corrected chi connectivity index (χ3v) is 5.93. The van der Waals surface area contributed by atoms with Gasteiger partial charge in [0.25, 0.3) is 15.5 Å². The summed E-state index contributed by atoms with van der Waals surface area (Å²) in [5.41, 5.74) is -0.953. The number of carbonyl (C=O) groups is 1. The summed E-state index contributed by atoms with van der Waals surface area (Å²) in [4.78, 5) is 36.2. The number of nitrogens with zero attached hydrogens (tertiary/aromatic N) is 1. The topological polar surface area (TPSA) is 149 Å². The first kappa shape index (κ1) is 20.7. The highest BCUT2D eigenvalue weighted by atomic mass is 32.2. The van der Waals surface area contributed by atoms with Crippen LogP contribution in [0.25, 0.3) is 6.08 Å². The van der Waals surface area contributed by atoms with Crippen molar-refractivity contribution in [3.8, 4) is 5.75 Å². The largest absolute Gasteiger partial charge is 0.504 e. The van der Waals surface area contributed by atoms with Gasteiger partial charge in [-0.3, -0.25) is 14.1 Å². The van der Waals surface area contributed by atoms with Crippen molar-refractivity contribution in [3.05, 3.63) is 61.0 Å². The number of anilines is 1. The lowest BCUT2D eigenvalue weighted by atomic mass is 9.82. The first-order chi connectivity index (χ1) is 13.3. The van der Waals surface area contributed by atoms with Crippen molar-refractivity contribution in [2.24, 2.45) is 0 Å². The molecule has 0 amide bonds. The number of allylic oxidation sites excluding steroid dienone is 1. The predicted molar refractivity (Wildman–Crippen MR) is 106 cm³/mol. The summed E-state index contributed by atoms with van der Waals surface area (Å²) in [5.74, 6) is -2.23. The minimum absolute atomic E-state index is 0.0598. The molecular weight excluding hydrogens is 402 g/mol. The van der Waals surface area contributed by atoms with Crippen LogP contribution >= 0.6 is 0 Å². The smallest absolute Gasteiger partial charge is 0.335 e. The summed E-state index contributed by atoms with van der Waals surface area (Å²) in [6.45, 7) is 3.72. The van der Waals surface area contributed by atoms with E-state index in [2.05, 4.69) is 0 Å². The molecule has 3 N–H and O–H groups in total. The third-order valence-electron chi connectivity index (χ3n) is 5.12. The standard InChI is InChI=1S/C19H19NO8S/c1-19(2)12-8-10(18(24)25)4-5-13(12)20(6-3-7-29(26,27)28)14(19)9-11-15(21)17(23)16(11)22/h4-5,8-9,21H,3,6-7H2,1-2H3,(H,24,25)(H,26,27,28)/b14-9+. The Labute approximate surface area is 166 Å². The van der Waals surface area contributed by atoms with Crippen LogP contribution in [0.3, 0.4) is 0 Å². The number of fused-ring (bicyclic) bond motifs is 1. The van der Waals surface area contributed by atoms with Crippen LogP contribution in [0.5, 0.6) is 5.75 Å². The molecular formula is C19H19NO8S. The number of rotatable bonds is 6. The monoisotopic (exact) mass is 421 g/mol. The van der Waals surface area contributed by atoms with Gasteiger partial charge in [0.1, 0.15) is 0 Å². The number of carboxylic acid groups (broad SMARTS) is 1. The average molecular weight is 421 g/mol. The fourth-order valence-electron chi connectivity index (χ4n) is 3.58. The molecule has 1 heterocycles. The highest BCUT2D eigenvalue weighted by Crippen LogP contribution is 2.48. The Bertz CT molecular complexity index is 1220. The van der Waals surface area contributed by atoms with Crippen LogP contribution in [0.1, 0.15) is 41.8 Å². The number of carboxylic acids is 1. The van der Waals surface area contributed by atoms with Gasteiger partial charge in [-0.25, -0.2) is 4.79 Å². The Morgan fingerprint density at radius 1 is 1.21 bits per heavy atom. The maximum absolute atomic E-state index is 11.8. The first-order valence-electron chi connectivity index (χ1n) is 8.69. The molecule has 2 aromatic rings. The summed E-state index contributed by atoms with van der Waals surface area (Å²) in [6, 6.07) is 4.48. The summed E-state index contributed by atoms with van der Waals surface area (Å²) < 4.78 is 31.1. The summed E-state index contributed by atoms with van der Waals surface area (Å²) in [5, 5.41) is 19.0. The fourth-order valence-corrected chi connectivity index (χ4v) is 4.08. The molecule has 0 bridgehead atoms. The SMILES string of the molecule is CC1(C)/C(=C\c2c(O)c(=O)c2=O)N(CCCS(=O)(=O)O)c2ccc(C(=O)O)cc21. The number of aromatic hydroxyl groups is 1. The van der Waals surface area contributed by atoms with Crippen LogP contribution in [0.15, 0.2) is 33.5 Å². The highest BCUT2D eigenvalue weighted by molar-refractivity contribution is 7.85. The van der Waals surface area contributed by atoms with Crippen LogP contribution in [-0.4, -0.2) is 41.5 Å². The second-order valence-electron chi connectivity index (χ2n) is 7.40. The Hall–Kier alpha value is -2.98. The third kappa shape index (κ3) is 3.56. The van der Waals surface area contributed by atoms with Gasteiger partial charge in [-0.05, 0) is 36.3 Å². The molecule has 1 aliphatic rings. The van der Waals surface area contributed by atoms with E-state index in [-0.39, 0.29) is 24.1 Å². The van der Waals surface area contributed by atoms with Crippen molar-refractivity contribution < 1.29 is 28.0 Å². The molecule has 3 rings (SSSR count). The van der Waals surface area contributed by atoms with E-state index >= 15 is 0 Å². The molecule has 0 unspecified atom stereocenters. The maximum atomic E-state index is 11.8. The van der Waals surface area contributed by atoms with Crippen molar-refractivity contribution in [1.29, 1.82) is 0 Å². The van der Waals surface area contributed by atoms with Gasteiger partial charge in [-0.15, -0.1) is 0 Å². The molecule has 0 spiro atoms. The first-order valence-corrected chi connectivity index (χ1v) is 10.3. The average Bonchev–Trinajstić information content (AvgIpc) is 2.84. The van der Waals surface area contributed by atoms with Crippen LogP contribution in [0.4, 0.5) is 5.69 Å². The molecule has 29 heavy (non-hydrogen) atoms. The molecule has 1 aliphatic heterocycles. The second kappa shape index (κ2) is 6.82. The van der Waals surface area contributed by atoms with E-state index in [1.807, 2.05) is 0 Å². The van der Waals surface area contributed by atoms with Crippen LogP contribution in [0, 0.1) is 0 Å². The fraction of sp³-hybridized carbons (Fsp3) is 0.316. The molecule has 10 heteroatoms. The molecule has 0 atom stereocenters. The van der Waals surface area contributed by atoms with Crippen LogP contribution in [0.2, 0.25) is 0 Å². The molecule has 0 saturated carbocycles. The summed E-state index contributed by atoms with van der Waals surface area (Å²) in [7, 11) is -4.17. The molecule has 0 saturated heterocycles. The van der Waals surface area contributed by atoms with Crippen molar-refractivity contribution >= 4 is 27.9 Å². The molecule has 2 aromatic carbocycles. The van der Waals surface area contributed by atoms with Crippen molar-refractivity contribution in [3.63, 3.8) is 0 Å². The maximum Gasteiger partial charge on any atom is 0.335 e. The molecule has 0 fully saturated rings.